The molecule has 0 aromatic carbocycles. The fourth-order valence-corrected chi connectivity index (χ4v) is 3.13. The van der Waals surface area contributed by atoms with Crippen molar-refractivity contribution in [2.75, 3.05) is 39.4 Å². The molecule has 2 fully saturated rings. The number of nitrogens with zero attached hydrogens (tertiary/aromatic N) is 1. The van der Waals surface area contributed by atoms with E-state index in [4.69, 9.17) is 4.74 Å². The summed E-state index contributed by atoms with van der Waals surface area (Å²) in [5.41, 5.74) is 0. The number of hydrogen-bond donors (Lipinski definition) is 2. The zero-order valence-corrected chi connectivity index (χ0v) is 13.2. The van der Waals surface area contributed by atoms with Gasteiger partial charge in [0, 0.05) is 32.3 Å². The van der Waals surface area contributed by atoms with Crippen LogP contribution >= 0.6 is 0 Å². The van der Waals surface area contributed by atoms with Crippen LogP contribution in [-0.4, -0.2) is 62.1 Å². The Morgan fingerprint density at radius 2 is 1.73 bits per heavy atom. The molecule has 0 aliphatic carbocycles. The molecular weight excluding hydrogens is 282 g/mol. The van der Waals surface area contributed by atoms with Gasteiger partial charge in [0.25, 0.3) is 0 Å². The third-order valence-electron chi connectivity index (χ3n) is 4.52. The predicted molar refractivity (Wildman–Crippen MR) is 84.4 cm³/mol. The van der Waals surface area contributed by atoms with Crippen molar-refractivity contribution in [2.45, 2.75) is 31.7 Å². The lowest BCUT2D eigenvalue weighted by Crippen LogP contribution is -2.47. The average Bonchev–Trinajstić information content (AvgIpc) is 2.58. The Morgan fingerprint density at radius 1 is 1.09 bits per heavy atom. The standard InChI is InChI=1S/C16H27N3O3/c1-2-7-17-15(20)16(21)18-12-13-3-8-19(9-4-13)14-5-10-22-11-6-14/h2,13-14H,1,3-12H2,(H,17,20)(H,18,21). The molecule has 2 aliphatic rings. The van der Waals surface area contributed by atoms with E-state index in [1.54, 1.807) is 6.08 Å². The number of amides is 2. The van der Waals surface area contributed by atoms with Gasteiger partial charge < -0.3 is 20.3 Å². The molecule has 0 atom stereocenters. The molecule has 2 heterocycles. The molecule has 2 saturated heterocycles. The maximum atomic E-state index is 11.6. The first-order chi connectivity index (χ1) is 10.7. The highest BCUT2D eigenvalue weighted by atomic mass is 16.5. The summed E-state index contributed by atoms with van der Waals surface area (Å²) in [6, 6.07) is 0.661. The van der Waals surface area contributed by atoms with Gasteiger partial charge in [0.1, 0.15) is 0 Å². The van der Waals surface area contributed by atoms with Crippen LogP contribution in [0.25, 0.3) is 0 Å². The van der Waals surface area contributed by atoms with Gasteiger partial charge in [-0.1, -0.05) is 6.08 Å². The number of carbonyl (C=O) groups excluding carboxylic acids is 2. The van der Waals surface area contributed by atoms with Crippen molar-refractivity contribution in [3.63, 3.8) is 0 Å². The van der Waals surface area contributed by atoms with Crippen molar-refractivity contribution in [1.82, 2.24) is 15.5 Å². The van der Waals surface area contributed by atoms with Crippen LogP contribution in [0, 0.1) is 5.92 Å². The minimum atomic E-state index is -0.584. The van der Waals surface area contributed by atoms with Gasteiger partial charge in [-0.3, -0.25) is 9.59 Å². The van der Waals surface area contributed by atoms with Crippen LogP contribution in [0.2, 0.25) is 0 Å². The molecule has 0 unspecified atom stereocenters. The Balaban J connectivity index is 1.63. The van der Waals surface area contributed by atoms with Crippen LogP contribution in [0.5, 0.6) is 0 Å². The molecule has 0 aromatic heterocycles. The van der Waals surface area contributed by atoms with Gasteiger partial charge in [-0.05, 0) is 44.7 Å². The highest BCUT2D eigenvalue weighted by molar-refractivity contribution is 6.35. The Bertz CT molecular complexity index is 386. The number of piperidine rings is 1. The van der Waals surface area contributed by atoms with Gasteiger partial charge in [-0.15, -0.1) is 6.58 Å². The van der Waals surface area contributed by atoms with Gasteiger partial charge in [0.05, 0.1) is 0 Å². The number of rotatable bonds is 5. The van der Waals surface area contributed by atoms with E-state index < -0.39 is 11.8 Å². The van der Waals surface area contributed by atoms with Gasteiger partial charge >= 0.3 is 11.8 Å². The second kappa shape index (κ2) is 8.90. The summed E-state index contributed by atoms with van der Waals surface area (Å²) >= 11 is 0. The molecule has 2 rings (SSSR count). The largest absolute Gasteiger partial charge is 0.381 e. The zero-order valence-electron chi connectivity index (χ0n) is 13.2. The van der Waals surface area contributed by atoms with E-state index in [9.17, 15) is 9.59 Å². The van der Waals surface area contributed by atoms with Gasteiger partial charge in [-0.2, -0.15) is 0 Å². The number of carbonyl (C=O) groups is 2. The van der Waals surface area contributed by atoms with Gasteiger partial charge in [0.15, 0.2) is 0 Å². The molecule has 124 valence electrons. The minimum absolute atomic E-state index is 0.315. The molecule has 0 radical (unpaired) electrons. The van der Waals surface area contributed by atoms with Crippen LogP contribution in [0.15, 0.2) is 12.7 Å². The van der Waals surface area contributed by atoms with Crippen molar-refractivity contribution < 1.29 is 14.3 Å². The predicted octanol–water partition coefficient (Wildman–Crippen LogP) is 0.296. The molecule has 0 aromatic rings. The Morgan fingerprint density at radius 3 is 2.36 bits per heavy atom. The highest BCUT2D eigenvalue weighted by Gasteiger charge is 2.26. The SMILES string of the molecule is C=CCNC(=O)C(=O)NCC1CCN(C2CCOCC2)CC1. The topological polar surface area (TPSA) is 70.7 Å². The molecule has 0 spiro atoms. The highest BCUT2D eigenvalue weighted by Crippen LogP contribution is 2.22. The maximum Gasteiger partial charge on any atom is 0.309 e. The average molecular weight is 309 g/mol. The molecule has 2 N–H and O–H groups in total. The molecule has 2 amide bonds. The van der Waals surface area contributed by atoms with Crippen LogP contribution in [0.4, 0.5) is 0 Å². The molecule has 6 heteroatoms. The van der Waals surface area contributed by atoms with Gasteiger partial charge in [-0.25, -0.2) is 0 Å². The normalized spacial score (nSPS) is 21.3. The van der Waals surface area contributed by atoms with Crippen LogP contribution in [0.1, 0.15) is 25.7 Å². The van der Waals surface area contributed by atoms with Crippen LogP contribution < -0.4 is 10.6 Å². The van der Waals surface area contributed by atoms with Crippen molar-refractivity contribution in [1.29, 1.82) is 0 Å². The number of likely N-dealkylation sites (tertiary alicyclic amines) is 1. The summed E-state index contributed by atoms with van der Waals surface area (Å²) in [4.78, 5) is 25.6. The lowest BCUT2D eigenvalue weighted by molar-refractivity contribution is -0.139. The molecule has 0 bridgehead atoms. The van der Waals surface area contributed by atoms with E-state index >= 15 is 0 Å². The third-order valence-corrected chi connectivity index (χ3v) is 4.52. The lowest BCUT2D eigenvalue weighted by atomic mass is 9.94. The number of nitrogens with one attached hydrogen (secondary N) is 2. The minimum Gasteiger partial charge on any atom is -0.381 e. The van der Waals surface area contributed by atoms with E-state index in [-0.39, 0.29) is 0 Å². The van der Waals surface area contributed by atoms with Crippen LogP contribution in [-0.2, 0) is 14.3 Å². The number of ether oxygens (including phenoxy) is 1. The fourth-order valence-electron chi connectivity index (χ4n) is 3.13. The van der Waals surface area contributed by atoms with Crippen molar-refractivity contribution >= 4 is 11.8 Å². The Kier molecular flexibility index (Phi) is 6.86. The second-order valence-corrected chi connectivity index (χ2v) is 6.03. The van der Waals surface area contributed by atoms with E-state index in [1.165, 1.54) is 0 Å². The summed E-state index contributed by atoms with van der Waals surface area (Å²) in [7, 11) is 0. The summed E-state index contributed by atoms with van der Waals surface area (Å²) in [5.74, 6) is -0.666. The first-order valence-corrected chi connectivity index (χ1v) is 8.19. The van der Waals surface area contributed by atoms with E-state index in [2.05, 4.69) is 22.1 Å². The van der Waals surface area contributed by atoms with Gasteiger partial charge in [0.2, 0.25) is 0 Å². The summed E-state index contributed by atoms with van der Waals surface area (Å²) in [5, 5.41) is 5.21. The smallest absolute Gasteiger partial charge is 0.309 e. The van der Waals surface area contributed by atoms with Crippen molar-refractivity contribution in [3.05, 3.63) is 12.7 Å². The zero-order chi connectivity index (χ0) is 15.8. The fraction of sp³-hybridized carbons (Fsp3) is 0.750. The molecule has 0 saturated carbocycles. The quantitative estimate of drug-likeness (QED) is 0.566. The van der Waals surface area contributed by atoms with E-state index in [0.717, 1.165) is 52.0 Å². The van der Waals surface area contributed by atoms with Crippen LogP contribution in [0.3, 0.4) is 0 Å². The second-order valence-electron chi connectivity index (χ2n) is 6.03. The van der Waals surface area contributed by atoms with Crippen molar-refractivity contribution in [2.24, 2.45) is 5.92 Å². The Hall–Kier alpha value is -1.40. The molecular formula is C16H27N3O3. The summed E-state index contributed by atoms with van der Waals surface area (Å²) < 4.78 is 5.41. The molecule has 6 nitrogen and oxygen atoms in total. The summed E-state index contributed by atoms with van der Waals surface area (Å²) in [6.07, 6.45) is 5.96. The van der Waals surface area contributed by atoms with E-state index in [1.807, 2.05) is 0 Å². The monoisotopic (exact) mass is 309 g/mol. The third kappa shape index (κ3) is 5.10. The van der Waals surface area contributed by atoms with Crippen molar-refractivity contribution in [3.8, 4) is 0 Å². The maximum absolute atomic E-state index is 11.6. The first-order valence-electron chi connectivity index (χ1n) is 8.19. The first kappa shape index (κ1) is 17.0. The van der Waals surface area contributed by atoms with E-state index in [0.29, 0.717) is 25.0 Å². The molecule has 22 heavy (non-hydrogen) atoms. The lowest BCUT2D eigenvalue weighted by Gasteiger charge is -2.39. The summed E-state index contributed by atoms with van der Waals surface area (Å²) in [6.45, 7) is 8.30. The Labute approximate surface area is 132 Å². The molecule has 2 aliphatic heterocycles. The number of hydrogen-bond acceptors (Lipinski definition) is 4.